The van der Waals surface area contributed by atoms with E-state index in [9.17, 15) is 22.8 Å². The molecule has 3 amide bonds. The third-order valence-corrected chi connectivity index (χ3v) is 6.80. The number of hydrazine groups is 1. The first-order valence-corrected chi connectivity index (χ1v) is 11.8. The molecule has 0 bridgehead atoms. The summed E-state index contributed by atoms with van der Waals surface area (Å²) in [5.41, 5.74) is 4.20. The first-order chi connectivity index (χ1) is 16.0. The number of furan rings is 1. The van der Waals surface area contributed by atoms with Gasteiger partial charge < -0.3 is 4.42 Å². The molecule has 1 saturated heterocycles. The number of halogens is 1. The van der Waals surface area contributed by atoms with Crippen molar-refractivity contribution in [2.45, 2.75) is 18.7 Å². The van der Waals surface area contributed by atoms with Crippen molar-refractivity contribution in [2.24, 2.45) is 0 Å². The van der Waals surface area contributed by atoms with Crippen molar-refractivity contribution in [1.82, 2.24) is 10.1 Å². The van der Waals surface area contributed by atoms with Crippen LogP contribution in [-0.2, 0) is 24.4 Å². The lowest BCUT2D eigenvalue weighted by Gasteiger charge is -2.15. The van der Waals surface area contributed by atoms with Gasteiger partial charge in [0.15, 0.2) is 0 Å². The zero-order chi connectivity index (χ0) is 24.6. The fraction of sp³-hybridized carbons (Fsp3) is 0.0870. The maximum atomic E-state index is 12.8. The van der Waals surface area contributed by atoms with Crippen molar-refractivity contribution in [3.05, 3.63) is 76.5 Å². The number of amides is 3. The summed E-state index contributed by atoms with van der Waals surface area (Å²) in [6.07, 6.45) is 1.33. The minimum Gasteiger partial charge on any atom is -0.457 e. The molecule has 0 saturated carbocycles. The highest BCUT2D eigenvalue weighted by Gasteiger charge is 2.35. The second kappa shape index (κ2) is 8.81. The van der Waals surface area contributed by atoms with Crippen molar-refractivity contribution >= 4 is 51.1 Å². The number of carbonyl (C=O) groups is 3. The number of nitrogens with zero attached hydrogens (tertiary/aromatic N) is 1. The van der Waals surface area contributed by atoms with Gasteiger partial charge in [0.2, 0.25) is 5.91 Å². The number of aryl methyl sites for hydroxylation is 1. The topological polar surface area (TPSA) is 126 Å². The van der Waals surface area contributed by atoms with Crippen LogP contribution in [0.1, 0.15) is 18.2 Å². The van der Waals surface area contributed by atoms with Gasteiger partial charge in [-0.25, -0.2) is 18.1 Å². The van der Waals surface area contributed by atoms with E-state index in [2.05, 4.69) is 5.43 Å². The highest BCUT2D eigenvalue weighted by molar-refractivity contribution is 7.90. The Balaban J connectivity index is 1.56. The third-order valence-electron chi connectivity index (χ3n) is 4.95. The standard InChI is InChI=1S/C23H18ClN3O6S/c1-13-3-6-16(11-20(13)24)27-23(30)19(22(29)25-27)12-17-7-10-21(33-17)15-4-8-18(9-5-15)34(31,32)26-14(2)28/h3-12H,1-2H3,(H,25,29)(H,26,28)/b19-12+. The average Bonchev–Trinajstić information content (AvgIpc) is 3.35. The predicted molar refractivity (Wildman–Crippen MR) is 125 cm³/mol. The molecular formula is C23H18ClN3O6S. The summed E-state index contributed by atoms with van der Waals surface area (Å²) in [5, 5.41) is 1.57. The number of benzene rings is 2. The minimum atomic E-state index is -3.95. The lowest BCUT2D eigenvalue weighted by Crippen LogP contribution is -2.35. The zero-order valence-electron chi connectivity index (χ0n) is 18.0. The van der Waals surface area contributed by atoms with E-state index in [0.29, 0.717) is 22.0 Å². The van der Waals surface area contributed by atoms with E-state index in [1.807, 2.05) is 11.6 Å². The van der Waals surface area contributed by atoms with Crippen LogP contribution in [-0.4, -0.2) is 26.1 Å². The molecule has 0 aliphatic carbocycles. The number of hydrogen-bond donors (Lipinski definition) is 2. The van der Waals surface area contributed by atoms with Gasteiger partial charge in [0.25, 0.3) is 21.8 Å². The van der Waals surface area contributed by atoms with Crippen LogP contribution >= 0.6 is 11.6 Å². The number of carbonyl (C=O) groups excluding carboxylic acids is 3. The fourth-order valence-corrected chi connectivity index (χ4v) is 4.40. The monoisotopic (exact) mass is 499 g/mol. The molecule has 1 aromatic heterocycles. The van der Waals surface area contributed by atoms with Crippen molar-refractivity contribution in [2.75, 3.05) is 5.01 Å². The molecule has 2 aromatic carbocycles. The van der Waals surface area contributed by atoms with Crippen molar-refractivity contribution in [3.63, 3.8) is 0 Å². The lowest BCUT2D eigenvalue weighted by atomic mass is 10.2. The molecule has 1 aliphatic rings. The number of nitrogens with one attached hydrogen (secondary N) is 2. The highest BCUT2D eigenvalue weighted by Crippen LogP contribution is 2.28. The van der Waals surface area contributed by atoms with Crippen LogP contribution in [0.15, 0.2) is 69.5 Å². The Kier molecular flexibility index (Phi) is 6.03. The Morgan fingerprint density at radius 1 is 1.09 bits per heavy atom. The summed E-state index contributed by atoms with van der Waals surface area (Å²) in [5.74, 6) is -1.19. The summed E-state index contributed by atoms with van der Waals surface area (Å²) < 4.78 is 31.8. The average molecular weight is 500 g/mol. The molecule has 0 radical (unpaired) electrons. The van der Waals surface area contributed by atoms with E-state index in [1.54, 1.807) is 30.3 Å². The summed E-state index contributed by atoms with van der Waals surface area (Å²) in [7, 11) is -3.95. The molecular weight excluding hydrogens is 482 g/mol. The summed E-state index contributed by atoms with van der Waals surface area (Å²) >= 11 is 6.13. The number of hydrogen-bond acceptors (Lipinski definition) is 6. The molecule has 9 nitrogen and oxygen atoms in total. The van der Waals surface area contributed by atoms with Crippen LogP contribution < -0.4 is 15.2 Å². The van der Waals surface area contributed by atoms with E-state index in [4.69, 9.17) is 16.0 Å². The summed E-state index contributed by atoms with van der Waals surface area (Å²) in [6.45, 7) is 2.93. The smallest absolute Gasteiger partial charge is 0.282 e. The lowest BCUT2D eigenvalue weighted by molar-refractivity contribution is -0.118. The molecule has 1 aliphatic heterocycles. The van der Waals surface area contributed by atoms with Gasteiger partial charge in [0.05, 0.1) is 10.6 Å². The first-order valence-electron chi connectivity index (χ1n) is 9.92. The van der Waals surface area contributed by atoms with Crippen LogP contribution in [0.5, 0.6) is 0 Å². The van der Waals surface area contributed by atoms with Crippen molar-refractivity contribution < 1.29 is 27.2 Å². The molecule has 2 heterocycles. The van der Waals surface area contributed by atoms with E-state index >= 15 is 0 Å². The van der Waals surface area contributed by atoms with Gasteiger partial charge in [0.1, 0.15) is 17.1 Å². The van der Waals surface area contributed by atoms with E-state index in [0.717, 1.165) is 17.5 Å². The molecule has 3 aromatic rings. The van der Waals surface area contributed by atoms with Gasteiger partial charge in [-0.1, -0.05) is 17.7 Å². The quantitative estimate of drug-likeness (QED) is 0.410. The number of sulfonamides is 1. The Labute approximate surface area is 200 Å². The van der Waals surface area contributed by atoms with E-state index in [1.165, 1.54) is 30.3 Å². The second-order valence-corrected chi connectivity index (χ2v) is 9.55. The maximum Gasteiger partial charge on any atom is 0.282 e. The van der Waals surface area contributed by atoms with Gasteiger partial charge in [0, 0.05) is 17.5 Å². The van der Waals surface area contributed by atoms with Crippen LogP contribution in [0.3, 0.4) is 0 Å². The normalized spacial score (nSPS) is 15.0. The minimum absolute atomic E-state index is 0.0788. The number of rotatable bonds is 5. The predicted octanol–water partition coefficient (Wildman–Crippen LogP) is 3.19. The number of anilines is 1. The van der Waals surface area contributed by atoms with Crippen molar-refractivity contribution in [3.8, 4) is 11.3 Å². The SMILES string of the molecule is CC(=O)NS(=O)(=O)c1ccc(-c2ccc(/C=C3\C(=O)NN(c4ccc(C)c(Cl)c4)C3=O)o2)cc1. The van der Waals surface area contributed by atoms with Gasteiger partial charge in [-0.15, -0.1) is 0 Å². The molecule has 0 spiro atoms. The molecule has 34 heavy (non-hydrogen) atoms. The van der Waals surface area contributed by atoms with E-state index in [-0.39, 0.29) is 16.2 Å². The third kappa shape index (κ3) is 4.59. The molecule has 2 N–H and O–H groups in total. The van der Waals surface area contributed by atoms with Gasteiger partial charge >= 0.3 is 0 Å². The Morgan fingerprint density at radius 3 is 2.44 bits per heavy atom. The van der Waals surface area contributed by atoms with Crippen LogP contribution in [0.2, 0.25) is 5.02 Å². The second-order valence-electron chi connectivity index (χ2n) is 7.46. The Morgan fingerprint density at radius 2 is 1.79 bits per heavy atom. The molecule has 0 atom stereocenters. The van der Waals surface area contributed by atoms with Gasteiger partial charge in [-0.2, -0.15) is 0 Å². The Hall–Kier alpha value is -3.89. The summed E-state index contributed by atoms with van der Waals surface area (Å²) in [6, 6.07) is 13.9. The van der Waals surface area contributed by atoms with Gasteiger partial charge in [-0.3, -0.25) is 19.8 Å². The maximum absolute atomic E-state index is 12.8. The Bertz CT molecular complexity index is 1460. The molecule has 1 fully saturated rings. The highest BCUT2D eigenvalue weighted by atomic mass is 35.5. The van der Waals surface area contributed by atoms with Crippen molar-refractivity contribution in [1.29, 1.82) is 0 Å². The molecule has 0 unspecified atom stereocenters. The van der Waals surface area contributed by atoms with Crippen LogP contribution in [0.4, 0.5) is 5.69 Å². The van der Waals surface area contributed by atoms with Gasteiger partial charge in [-0.05, 0) is 67.1 Å². The largest absolute Gasteiger partial charge is 0.457 e. The fourth-order valence-electron chi connectivity index (χ4n) is 3.23. The van der Waals surface area contributed by atoms with E-state index < -0.39 is 27.7 Å². The molecule has 4 rings (SSSR count). The summed E-state index contributed by atoms with van der Waals surface area (Å²) in [4.78, 5) is 36.2. The van der Waals surface area contributed by atoms with Crippen LogP contribution in [0, 0.1) is 6.92 Å². The zero-order valence-corrected chi connectivity index (χ0v) is 19.5. The molecule has 174 valence electrons. The molecule has 11 heteroatoms. The first kappa shape index (κ1) is 23.3. The van der Waals surface area contributed by atoms with Crippen LogP contribution in [0.25, 0.3) is 17.4 Å².